The van der Waals surface area contributed by atoms with Gasteiger partial charge < -0.3 is 15.2 Å². The van der Waals surface area contributed by atoms with E-state index in [4.69, 9.17) is 4.99 Å². The van der Waals surface area contributed by atoms with Crippen molar-refractivity contribution in [2.24, 2.45) is 18.0 Å². The first kappa shape index (κ1) is 24.1. The van der Waals surface area contributed by atoms with Crippen molar-refractivity contribution in [2.45, 2.75) is 66.0 Å². The number of likely N-dealkylation sites (tertiary alicyclic amines) is 1. The Kier molecular flexibility index (Phi) is 11.2. The second-order valence-electron chi connectivity index (χ2n) is 7.66. The fraction of sp³-hybridized carbons (Fsp3) is 0.842. The molecule has 27 heavy (non-hydrogen) atoms. The molecular weight excluding hydrogens is 453 g/mol. The summed E-state index contributed by atoms with van der Waals surface area (Å²) in [7, 11) is 1.99. The highest BCUT2D eigenvalue weighted by Crippen LogP contribution is 2.15. The van der Waals surface area contributed by atoms with E-state index in [1.807, 2.05) is 18.5 Å². The molecule has 1 fully saturated rings. The molecule has 0 bridgehead atoms. The van der Waals surface area contributed by atoms with Crippen LogP contribution in [0.3, 0.4) is 0 Å². The van der Waals surface area contributed by atoms with Gasteiger partial charge in [-0.2, -0.15) is 0 Å². The van der Waals surface area contributed by atoms with E-state index in [0.717, 1.165) is 49.6 Å². The topological polar surface area (TPSA) is 70.4 Å². The van der Waals surface area contributed by atoms with Gasteiger partial charge in [0.15, 0.2) is 11.8 Å². The lowest BCUT2D eigenvalue weighted by Crippen LogP contribution is -2.45. The van der Waals surface area contributed by atoms with Gasteiger partial charge in [0.1, 0.15) is 12.4 Å². The minimum atomic E-state index is 0. The van der Waals surface area contributed by atoms with Crippen molar-refractivity contribution in [1.82, 2.24) is 30.3 Å². The maximum atomic E-state index is 4.75. The van der Waals surface area contributed by atoms with Crippen LogP contribution in [0.15, 0.2) is 4.99 Å². The molecule has 0 aromatic carbocycles. The van der Waals surface area contributed by atoms with Gasteiger partial charge in [0, 0.05) is 26.2 Å². The molecular formula is C19H38IN7. The fourth-order valence-electron chi connectivity index (χ4n) is 3.39. The second kappa shape index (κ2) is 12.5. The Morgan fingerprint density at radius 3 is 2.70 bits per heavy atom. The summed E-state index contributed by atoms with van der Waals surface area (Å²) in [5.41, 5.74) is 0. The number of rotatable bonds is 9. The molecule has 1 unspecified atom stereocenters. The number of hydrogen-bond donors (Lipinski definition) is 2. The number of halogens is 1. The predicted molar refractivity (Wildman–Crippen MR) is 123 cm³/mol. The molecule has 1 saturated heterocycles. The molecule has 1 aliphatic rings. The van der Waals surface area contributed by atoms with E-state index >= 15 is 0 Å². The third-order valence-electron chi connectivity index (χ3n) is 5.22. The maximum Gasteiger partial charge on any atom is 0.191 e. The normalized spacial score (nSPS) is 18.0. The van der Waals surface area contributed by atoms with E-state index in [0.29, 0.717) is 12.6 Å². The molecule has 156 valence electrons. The lowest BCUT2D eigenvalue weighted by Gasteiger charge is -2.24. The standard InChI is InChI=1S/C19H37N7.HI/c1-6-26-12-8-10-17(26)13-21-19(20-11-7-9-15(2)3)22-14-18-24-23-16(4)25(18)5;/h15,17H,6-14H2,1-5H3,(H2,20,21,22);1H. The summed E-state index contributed by atoms with van der Waals surface area (Å²) in [4.78, 5) is 7.30. The van der Waals surface area contributed by atoms with E-state index in [9.17, 15) is 0 Å². The number of aromatic nitrogens is 3. The molecule has 2 N–H and O–H groups in total. The highest BCUT2D eigenvalue weighted by Gasteiger charge is 2.22. The minimum absolute atomic E-state index is 0. The number of hydrogen-bond acceptors (Lipinski definition) is 4. The first-order valence-corrected chi connectivity index (χ1v) is 10.1. The predicted octanol–water partition coefficient (Wildman–Crippen LogP) is 2.70. The average molecular weight is 491 g/mol. The molecule has 0 spiro atoms. The average Bonchev–Trinajstić information content (AvgIpc) is 3.20. The number of aryl methyl sites for hydroxylation is 1. The van der Waals surface area contributed by atoms with E-state index in [1.165, 1.54) is 25.8 Å². The van der Waals surface area contributed by atoms with Gasteiger partial charge in [0.05, 0.1) is 0 Å². The van der Waals surface area contributed by atoms with Gasteiger partial charge in [-0.25, -0.2) is 4.99 Å². The Balaban J connectivity index is 0.00000364. The van der Waals surface area contributed by atoms with Crippen molar-refractivity contribution in [3.8, 4) is 0 Å². The zero-order valence-corrected chi connectivity index (χ0v) is 20.0. The lowest BCUT2D eigenvalue weighted by molar-refractivity contribution is 0.267. The molecule has 1 aliphatic heterocycles. The Bertz CT molecular complexity index is 570. The zero-order chi connectivity index (χ0) is 18.9. The quantitative estimate of drug-likeness (QED) is 0.241. The van der Waals surface area contributed by atoms with Crippen LogP contribution in [0.5, 0.6) is 0 Å². The van der Waals surface area contributed by atoms with Crippen LogP contribution in [-0.4, -0.2) is 57.8 Å². The SMILES string of the molecule is CCN1CCCC1CNC(=NCc1nnc(C)n1C)NCCCC(C)C.I. The molecule has 0 amide bonds. The van der Waals surface area contributed by atoms with Crippen molar-refractivity contribution in [1.29, 1.82) is 0 Å². The van der Waals surface area contributed by atoms with Crippen molar-refractivity contribution < 1.29 is 0 Å². The van der Waals surface area contributed by atoms with Gasteiger partial charge in [-0.15, -0.1) is 34.2 Å². The molecule has 0 aliphatic carbocycles. The Morgan fingerprint density at radius 2 is 2.07 bits per heavy atom. The molecule has 0 radical (unpaired) electrons. The second-order valence-corrected chi connectivity index (χ2v) is 7.66. The van der Waals surface area contributed by atoms with Gasteiger partial charge in [-0.1, -0.05) is 20.8 Å². The fourth-order valence-corrected chi connectivity index (χ4v) is 3.39. The van der Waals surface area contributed by atoms with Gasteiger partial charge in [0.25, 0.3) is 0 Å². The Morgan fingerprint density at radius 1 is 1.30 bits per heavy atom. The number of likely N-dealkylation sites (N-methyl/N-ethyl adjacent to an activating group) is 1. The van der Waals surface area contributed by atoms with Gasteiger partial charge in [-0.3, -0.25) is 4.90 Å². The monoisotopic (exact) mass is 491 g/mol. The van der Waals surface area contributed by atoms with Crippen LogP contribution in [-0.2, 0) is 13.6 Å². The highest BCUT2D eigenvalue weighted by atomic mass is 127. The van der Waals surface area contributed by atoms with E-state index < -0.39 is 0 Å². The summed E-state index contributed by atoms with van der Waals surface area (Å²) >= 11 is 0. The van der Waals surface area contributed by atoms with Crippen molar-refractivity contribution >= 4 is 29.9 Å². The first-order chi connectivity index (χ1) is 12.5. The van der Waals surface area contributed by atoms with Crippen LogP contribution in [0.2, 0.25) is 0 Å². The van der Waals surface area contributed by atoms with Crippen LogP contribution >= 0.6 is 24.0 Å². The number of nitrogens with one attached hydrogen (secondary N) is 2. The Hall–Kier alpha value is -0.900. The van der Waals surface area contributed by atoms with Crippen molar-refractivity contribution in [3.05, 3.63) is 11.6 Å². The summed E-state index contributed by atoms with van der Waals surface area (Å²) in [5.74, 6) is 3.43. The lowest BCUT2D eigenvalue weighted by atomic mass is 10.1. The van der Waals surface area contributed by atoms with Crippen LogP contribution < -0.4 is 10.6 Å². The van der Waals surface area contributed by atoms with Crippen LogP contribution in [0.1, 0.15) is 58.1 Å². The summed E-state index contributed by atoms with van der Waals surface area (Å²) in [5, 5.41) is 15.4. The third kappa shape index (κ3) is 7.93. The van der Waals surface area contributed by atoms with E-state index in [1.54, 1.807) is 0 Å². The molecule has 8 heteroatoms. The van der Waals surface area contributed by atoms with Crippen molar-refractivity contribution in [3.63, 3.8) is 0 Å². The van der Waals surface area contributed by atoms with Crippen LogP contribution in [0.4, 0.5) is 0 Å². The van der Waals surface area contributed by atoms with Gasteiger partial charge in [-0.05, 0) is 51.6 Å². The summed E-state index contributed by atoms with van der Waals surface area (Å²) in [6.45, 7) is 13.5. The van der Waals surface area contributed by atoms with Crippen LogP contribution in [0.25, 0.3) is 0 Å². The summed E-state index contributed by atoms with van der Waals surface area (Å²) in [6, 6.07) is 0.611. The molecule has 7 nitrogen and oxygen atoms in total. The zero-order valence-electron chi connectivity index (χ0n) is 17.7. The van der Waals surface area contributed by atoms with Crippen molar-refractivity contribution in [2.75, 3.05) is 26.2 Å². The van der Waals surface area contributed by atoms with Crippen LogP contribution in [0, 0.1) is 12.8 Å². The first-order valence-electron chi connectivity index (χ1n) is 10.1. The summed E-state index contributed by atoms with van der Waals surface area (Å²) < 4.78 is 2.00. The number of guanidine groups is 1. The van der Waals surface area contributed by atoms with Gasteiger partial charge >= 0.3 is 0 Å². The number of aliphatic imine (C=N–C) groups is 1. The highest BCUT2D eigenvalue weighted by molar-refractivity contribution is 14.0. The Labute approximate surface area is 181 Å². The van der Waals surface area contributed by atoms with E-state index in [2.05, 4.69) is 46.5 Å². The van der Waals surface area contributed by atoms with Gasteiger partial charge in [0.2, 0.25) is 0 Å². The largest absolute Gasteiger partial charge is 0.356 e. The molecule has 2 heterocycles. The molecule has 1 atom stereocenters. The number of nitrogens with zero attached hydrogens (tertiary/aromatic N) is 5. The summed E-state index contributed by atoms with van der Waals surface area (Å²) in [6.07, 6.45) is 4.96. The maximum absolute atomic E-state index is 4.75. The third-order valence-corrected chi connectivity index (χ3v) is 5.22. The smallest absolute Gasteiger partial charge is 0.191 e. The molecule has 2 rings (SSSR count). The van der Waals surface area contributed by atoms with E-state index in [-0.39, 0.29) is 24.0 Å². The molecule has 1 aromatic rings. The molecule has 1 aromatic heterocycles. The minimum Gasteiger partial charge on any atom is -0.356 e. The molecule has 0 saturated carbocycles.